The lowest BCUT2D eigenvalue weighted by Crippen LogP contribution is -3.00. The Hall–Kier alpha value is -0.360. The Bertz CT molecular complexity index is 381. The van der Waals surface area contributed by atoms with E-state index in [2.05, 4.69) is 33.3 Å². The van der Waals surface area contributed by atoms with Gasteiger partial charge in [0, 0.05) is 18.9 Å². The van der Waals surface area contributed by atoms with Gasteiger partial charge in [0.05, 0.1) is 27.2 Å². The van der Waals surface area contributed by atoms with E-state index in [1.165, 1.54) is 44.9 Å². The number of hydrogen-bond acceptors (Lipinski definition) is 3. The van der Waals surface area contributed by atoms with Crippen molar-refractivity contribution in [2.75, 3.05) is 33.8 Å². The maximum atomic E-state index is 12.3. The number of carbonyl (C=O) groups excluding carboxylic acids is 1. The van der Waals surface area contributed by atoms with Crippen LogP contribution in [0.4, 0.5) is 0 Å². The van der Waals surface area contributed by atoms with E-state index in [-0.39, 0.29) is 31.0 Å². The van der Waals surface area contributed by atoms with Crippen molar-refractivity contribution in [3.63, 3.8) is 0 Å². The molecule has 0 saturated carbocycles. The second-order valence-electron chi connectivity index (χ2n) is 9.10. The number of aliphatic hydroxyl groups is 2. The molecule has 6 heteroatoms. The van der Waals surface area contributed by atoms with Crippen LogP contribution >= 0.6 is 0 Å². The van der Waals surface area contributed by atoms with Crippen molar-refractivity contribution in [2.24, 2.45) is 0 Å². The Kier molecular flexibility index (Phi) is 20.8. The molecule has 3 N–H and O–H groups in total. The molecule has 0 bridgehead atoms. The molecule has 0 aliphatic carbocycles. The number of nitrogens with zero attached hydrogens (tertiary/aromatic N) is 1. The molecule has 0 aromatic carbocycles. The van der Waals surface area contributed by atoms with Crippen LogP contribution in [-0.4, -0.2) is 66.5 Å². The molecule has 1 amide bonds. The third kappa shape index (κ3) is 19.4. The summed E-state index contributed by atoms with van der Waals surface area (Å²) >= 11 is 0. The average Bonchev–Trinajstić information content (AvgIpc) is 2.64. The molecule has 0 aromatic rings. The van der Waals surface area contributed by atoms with Crippen molar-refractivity contribution in [1.29, 1.82) is 0 Å². The molecular weight excluding hydrogens is 388 g/mol. The van der Waals surface area contributed by atoms with Crippen molar-refractivity contribution in [1.82, 2.24) is 5.32 Å². The summed E-state index contributed by atoms with van der Waals surface area (Å²) in [6.45, 7) is 5.60. The highest BCUT2D eigenvalue weighted by atomic mass is 35.5. The van der Waals surface area contributed by atoms with E-state index in [0.717, 1.165) is 38.6 Å². The van der Waals surface area contributed by atoms with Crippen LogP contribution in [-0.2, 0) is 4.79 Å². The van der Waals surface area contributed by atoms with E-state index in [1.54, 1.807) is 0 Å². The normalized spacial score (nSPS) is 13.6. The molecule has 176 valence electrons. The van der Waals surface area contributed by atoms with Gasteiger partial charge in [-0.2, -0.15) is 0 Å². The minimum atomic E-state index is -0.680. The number of rotatable bonds is 19. The molecule has 0 aliphatic heterocycles. The first kappa shape index (κ1) is 30.8. The van der Waals surface area contributed by atoms with Gasteiger partial charge in [-0.05, 0) is 12.8 Å². The van der Waals surface area contributed by atoms with Crippen LogP contribution in [0.25, 0.3) is 0 Å². The highest BCUT2D eigenvalue weighted by Gasteiger charge is 2.22. The van der Waals surface area contributed by atoms with Crippen LogP contribution in [0.2, 0.25) is 0 Å². The van der Waals surface area contributed by atoms with Crippen molar-refractivity contribution in [3.05, 3.63) is 0 Å². The van der Waals surface area contributed by atoms with E-state index < -0.39 is 6.10 Å². The van der Waals surface area contributed by atoms with E-state index in [4.69, 9.17) is 5.11 Å². The predicted molar refractivity (Wildman–Crippen MR) is 118 cm³/mol. The fourth-order valence-corrected chi connectivity index (χ4v) is 3.76. The molecule has 0 saturated heterocycles. The van der Waals surface area contributed by atoms with Gasteiger partial charge in [0.2, 0.25) is 5.91 Å². The topological polar surface area (TPSA) is 69.6 Å². The number of likely N-dealkylation sites (N-methyl/N-ethyl adjacent to an activating group) is 1. The minimum Gasteiger partial charge on any atom is -1.00 e. The highest BCUT2D eigenvalue weighted by Crippen LogP contribution is 2.12. The smallest absolute Gasteiger partial charge is 0.220 e. The molecule has 0 aromatic heterocycles. The average molecular weight is 437 g/mol. The fraction of sp³-hybridized carbons (Fsp3) is 0.957. The summed E-state index contributed by atoms with van der Waals surface area (Å²) in [5.74, 6) is 0.182. The van der Waals surface area contributed by atoms with E-state index in [9.17, 15) is 9.90 Å². The number of unbranched alkanes of at least 4 members (excludes halogenated alkanes) is 8. The third-order valence-corrected chi connectivity index (χ3v) is 5.51. The SMILES string of the molecule is CCCCCCCCCCCC(=O)NC(CCC)CC[N+](C)(C)CC(O)CO.[Cl-]. The number of carbonyl (C=O) groups is 1. The molecule has 0 heterocycles. The van der Waals surface area contributed by atoms with E-state index in [1.807, 2.05) is 0 Å². The summed E-state index contributed by atoms with van der Waals surface area (Å²) in [5.41, 5.74) is 0. The summed E-state index contributed by atoms with van der Waals surface area (Å²) in [6, 6.07) is 0.208. The van der Waals surface area contributed by atoms with Crippen molar-refractivity contribution >= 4 is 5.91 Å². The largest absolute Gasteiger partial charge is 1.00 e. The van der Waals surface area contributed by atoms with Crippen LogP contribution in [0, 0.1) is 0 Å². The van der Waals surface area contributed by atoms with Gasteiger partial charge in [-0.3, -0.25) is 4.79 Å². The lowest BCUT2D eigenvalue weighted by atomic mass is 10.1. The Balaban J connectivity index is 0. The van der Waals surface area contributed by atoms with Gasteiger partial charge in [-0.1, -0.05) is 71.6 Å². The Morgan fingerprint density at radius 2 is 1.45 bits per heavy atom. The Morgan fingerprint density at radius 3 is 1.97 bits per heavy atom. The summed E-state index contributed by atoms with van der Waals surface area (Å²) < 4.78 is 0.649. The lowest BCUT2D eigenvalue weighted by molar-refractivity contribution is -0.893. The second kappa shape index (κ2) is 19.6. The molecule has 2 atom stereocenters. The molecule has 5 nitrogen and oxygen atoms in total. The van der Waals surface area contributed by atoms with Gasteiger partial charge < -0.3 is 32.4 Å². The zero-order chi connectivity index (χ0) is 21.3. The first-order valence-electron chi connectivity index (χ1n) is 11.7. The monoisotopic (exact) mass is 436 g/mol. The van der Waals surface area contributed by atoms with Crippen molar-refractivity contribution in [2.45, 2.75) is 109 Å². The lowest BCUT2D eigenvalue weighted by Gasteiger charge is -2.33. The number of nitrogens with one attached hydrogen (secondary N) is 1. The number of halogens is 1. The first-order valence-corrected chi connectivity index (χ1v) is 11.7. The molecule has 0 aliphatic rings. The van der Waals surface area contributed by atoms with Crippen molar-refractivity contribution < 1.29 is 31.9 Å². The molecule has 29 heavy (non-hydrogen) atoms. The summed E-state index contributed by atoms with van der Waals surface area (Å²) in [4.78, 5) is 12.3. The quantitative estimate of drug-likeness (QED) is 0.209. The summed E-state index contributed by atoms with van der Waals surface area (Å²) in [7, 11) is 4.12. The van der Waals surface area contributed by atoms with E-state index >= 15 is 0 Å². The Labute approximate surface area is 186 Å². The summed E-state index contributed by atoms with van der Waals surface area (Å²) in [6.07, 6.45) is 14.3. The third-order valence-electron chi connectivity index (χ3n) is 5.51. The van der Waals surface area contributed by atoms with Crippen LogP contribution in [0.3, 0.4) is 0 Å². The minimum absolute atomic E-state index is 0. The molecule has 0 rings (SSSR count). The number of aliphatic hydroxyl groups excluding tert-OH is 2. The maximum absolute atomic E-state index is 12.3. The second-order valence-corrected chi connectivity index (χ2v) is 9.10. The van der Waals surface area contributed by atoms with Crippen molar-refractivity contribution in [3.8, 4) is 0 Å². The molecular formula is C23H49ClN2O3. The van der Waals surface area contributed by atoms with Gasteiger partial charge in [0.1, 0.15) is 12.6 Å². The van der Waals surface area contributed by atoms with Gasteiger partial charge in [0.25, 0.3) is 0 Å². The van der Waals surface area contributed by atoms with Gasteiger partial charge in [0.15, 0.2) is 0 Å². The zero-order valence-electron chi connectivity index (χ0n) is 19.6. The number of quaternary nitrogens is 1. The van der Waals surface area contributed by atoms with E-state index in [0.29, 0.717) is 17.4 Å². The number of amides is 1. The first-order chi connectivity index (χ1) is 13.3. The van der Waals surface area contributed by atoms with Crippen LogP contribution < -0.4 is 17.7 Å². The van der Waals surface area contributed by atoms with Crippen LogP contribution in [0.5, 0.6) is 0 Å². The molecule has 0 radical (unpaired) electrons. The predicted octanol–water partition coefficient (Wildman–Crippen LogP) is 1.02. The number of hydrogen-bond donors (Lipinski definition) is 3. The molecule has 2 unspecified atom stereocenters. The maximum Gasteiger partial charge on any atom is 0.220 e. The summed E-state index contributed by atoms with van der Waals surface area (Å²) in [5, 5.41) is 22.0. The molecule has 0 spiro atoms. The molecule has 0 fully saturated rings. The van der Waals surface area contributed by atoms with Crippen LogP contribution in [0.1, 0.15) is 97.3 Å². The van der Waals surface area contributed by atoms with Gasteiger partial charge in [-0.15, -0.1) is 0 Å². The standard InChI is InChI=1S/C23H48N2O3.ClH/c1-5-7-8-9-10-11-12-13-14-16-23(28)24-21(15-6-2)17-18-25(3,4)19-22(27)20-26;/h21-22,26-27H,5-20H2,1-4H3;1H. The highest BCUT2D eigenvalue weighted by molar-refractivity contribution is 5.76. The van der Waals surface area contributed by atoms with Crippen LogP contribution in [0.15, 0.2) is 0 Å². The zero-order valence-corrected chi connectivity index (χ0v) is 20.4. The van der Waals surface area contributed by atoms with Gasteiger partial charge in [-0.25, -0.2) is 0 Å². The Morgan fingerprint density at radius 1 is 0.897 bits per heavy atom. The van der Waals surface area contributed by atoms with Gasteiger partial charge >= 0.3 is 0 Å². The fourth-order valence-electron chi connectivity index (χ4n) is 3.76.